The highest BCUT2D eigenvalue weighted by molar-refractivity contribution is 5.76. The summed E-state index contributed by atoms with van der Waals surface area (Å²) < 4.78 is 15.8. The van der Waals surface area contributed by atoms with Crippen molar-refractivity contribution < 1.29 is 28.6 Å². The minimum atomic E-state index is -0.654. The molecule has 0 aliphatic carbocycles. The highest BCUT2D eigenvalue weighted by atomic mass is 16.6. The molecule has 2 rings (SSSR count). The number of ether oxygens (including phenoxy) is 3. The zero-order valence-electron chi connectivity index (χ0n) is 18.3. The second-order valence-electron chi connectivity index (χ2n) is 8.30. The molecule has 1 aromatic rings. The van der Waals surface area contributed by atoms with Gasteiger partial charge in [-0.25, -0.2) is 9.59 Å². The van der Waals surface area contributed by atoms with Crippen LogP contribution in [0.15, 0.2) is 30.3 Å². The van der Waals surface area contributed by atoms with Gasteiger partial charge in [-0.05, 0) is 39.2 Å². The van der Waals surface area contributed by atoms with Crippen LogP contribution >= 0.6 is 0 Å². The van der Waals surface area contributed by atoms with E-state index in [9.17, 15) is 14.4 Å². The quantitative estimate of drug-likeness (QED) is 0.559. The first-order valence-corrected chi connectivity index (χ1v) is 10.2. The fourth-order valence-corrected chi connectivity index (χ4v) is 3.64. The predicted molar refractivity (Wildman–Crippen MR) is 111 cm³/mol. The molecule has 0 bridgehead atoms. The SMILES string of the molecule is CCC(C(=O)OC)[C@@H]1[C@@H](NC(=O)OC(C)(C)C)CCN1C(=O)OCc1ccccc1. The molecule has 1 aliphatic heterocycles. The summed E-state index contributed by atoms with van der Waals surface area (Å²) in [6.45, 7) is 7.64. The summed E-state index contributed by atoms with van der Waals surface area (Å²) >= 11 is 0. The summed E-state index contributed by atoms with van der Waals surface area (Å²) in [4.78, 5) is 39.0. The Morgan fingerprint density at radius 3 is 2.43 bits per heavy atom. The molecule has 1 aromatic carbocycles. The van der Waals surface area contributed by atoms with E-state index in [0.29, 0.717) is 19.4 Å². The number of benzene rings is 1. The number of alkyl carbamates (subject to hydrolysis) is 1. The van der Waals surface area contributed by atoms with E-state index >= 15 is 0 Å². The third-order valence-electron chi connectivity index (χ3n) is 4.95. The molecule has 30 heavy (non-hydrogen) atoms. The standard InChI is InChI=1S/C22H32N2O6/c1-6-16(19(25)28-5)18-17(23-20(26)30-22(2,3)4)12-13-24(18)21(27)29-14-15-10-8-7-9-11-15/h7-11,16-18H,6,12-14H2,1-5H3,(H,23,26)/t16?,17-,18+/m0/s1. The van der Waals surface area contributed by atoms with Crippen LogP contribution in [0, 0.1) is 5.92 Å². The van der Waals surface area contributed by atoms with Gasteiger partial charge in [0.1, 0.15) is 12.2 Å². The number of hydrogen-bond acceptors (Lipinski definition) is 6. The molecule has 8 nitrogen and oxygen atoms in total. The molecule has 0 radical (unpaired) electrons. The van der Waals surface area contributed by atoms with Crippen LogP contribution < -0.4 is 5.32 Å². The minimum Gasteiger partial charge on any atom is -0.469 e. The maximum absolute atomic E-state index is 12.8. The third kappa shape index (κ3) is 6.37. The second kappa shape index (κ2) is 10.3. The largest absolute Gasteiger partial charge is 0.469 e. The molecule has 1 heterocycles. The van der Waals surface area contributed by atoms with E-state index in [0.717, 1.165) is 5.56 Å². The van der Waals surface area contributed by atoms with E-state index in [1.54, 1.807) is 20.8 Å². The van der Waals surface area contributed by atoms with Crippen LogP contribution in [0.1, 0.15) is 46.1 Å². The van der Waals surface area contributed by atoms with Crippen LogP contribution in [-0.2, 0) is 25.6 Å². The fourth-order valence-electron chi connectivity index (χ4n) is 3.64. The number of likely N-dealkylation sites (tertiary alicyclic amines) is 1. The topological polar surface area (TPSA) is 94.2 Å². The van der Waals surface area contributed by atoms with Gasteiger partial charge in [-0.3, -0.25) is 4.79 Å². The monoisotopic (exact) mass is 420 g/mol. The highest BCUT2D eigenvalue weighted by Gasteiger charge is 2.46. The zero-order valence-corrected chi connectivity index (χ0v) is 18.3. The molecule has 8 heteroatoms. The molecule has 3 atom stereocenters. The fraction of sp³-hybridized carbons (Fsp3) is 0.591. The van der Waals surface area contributed by atoms with Gasteiger partial charge in [0.05, 0.1) is 25.1 Å². The first-order chi connectivity index (χ1) is 14.2. The lowest BCUT2D eigenvalue weighted by Crippen LogP contribution is -2.53. The molecule has 2 amide bonds. The number of methoxy groups -OCH3 is 1. The van der Waals surface area contributed by atoms with Gasteiger partial charge >= 0.3 is 18.2 Å². The van der Waals surface area contributed by atoms with E-state index in [1.165, 1.54) is 12.0 Å². The molecular formula is C22H32N2O6. The van der Waals surface area contributed by atoms with Crippen molar-refractivity contribution in [2.45, 2.75) is 64.8 Å². The Morgan fingerprint density at radius 2 is 1.87 bits per heavy atom. The van der Waals surface area contributed by atoms with Gasteiger partial charge in [-0.2, -0.15) is 0 Å². The first-order valence-electron chi connectivity index (χ1n) is 10.2. The second-order valence-corrected chi connectivity index (χ2v) is 8.30. The maximum atomic E-state index is 12.8. The molecule has 0 spiro atoms. The number of nitrogens with one attached hydrogen (secondary N) is 1. The average molecular weight is 421 g/mol. The highest BCUT2D eigenvalue weighted by Crippen LogP contribution is 2.29. The summed E-state index contributed by atoms with van der Waals surface area (Å²) in [5.74, 6) is -1.03. The number of nitrogens with zero attached hydrogens (tertiary/aromatic N) is 1. The van der Waals surface area contributed by atoms with Gasteiger partial charge in [0, 0.05) is 6.54 Å². The van der Waals surface area contributed by atoms with Gasteiger partial charge in [-0.15, -0.1) is 0 Å². The van der Waals surface area contributed by atoms with Crippen molar-refractivity contribution in [3.63, 3.8) is 0 Å². The number of carbonyl (C=O) groups excluding carboxylic acids is 3. The van der Waals surface area contributed by atoms with Crippen LogP contribution in [0.5, 0.6) is 0 Å². The van der Waals surface area contributed by atoms with Crippen molar-refractivity contribution in [2.75, 3.05) is 13.7 Å². The van der Waals surface area contributed by atoms with Crippen molar-refractivity contribution in [3.05, 3.63) is 35.9 Å². The summed E-state index contributed by atoms with van der Waals surface area (Å²) in [6.07, 6.45) is -0.180. The molecule has 0 aromatic heterocycles. The van der Waals surface area contributed by atoms with Crippen molar-refractivity contribution in [3.8, 4) is 0 Å². The van der Waals surface area contributed by atoms with Gasteiger partial charge in [0.25, 0.3) is 0 Å². The van der Waals surface area contributed by atoms with E-state index in [2.05, 4.69) is 5.32 Å². The Labute approximate surface area is 177 Å². The molecule has 1 saturated heterocycles. The molecule has 1 fully saturated rings. The third-order valence-corrected chi connectivity index (χ3v) is 4.95. The number of hydrogen-bond donors (Lipinski definition) is 1. The number of amides is 2. The Morgan fingerprint density at radius 1 is 1.20 bits per heavy atom. The lowest BCUT2D eigenvalue weighted by atomic mass is 9.91. The van der Waals surface area contributed by atoms with Crippen molar-refractivity contribution in [1.82, 2.24) is 10.2 Å². The molecular weight excluding hydrogens is 388 g/mol. The Bertz CT molecular complexity index is 731. The molecule has 0 saturated carbocycles. The van der Waals surface area contributed by atoms with Crippen LogP contribution in [0.4, 0.5) is 9.59 Å². The van der Waals surface area contributed by atoms with Gasteiger partial charge in [-0.1, -0.05) is 37.3 Å². The zero-order chi connectivity index (χ0) is 22.3. The normalized spacial score (nSPS) is 19.7. The van der Waals surface area contributed by atoms with E-state index in [-0.39, 0.29) is 6.61 Å². The molecule has 1 unspecified atom stereocenters. The average Bonchev–Trinajstić information content (AvgIpc) is 3.09. The lowest BCUT2D eigenvalue weighted by Gasteiger charge is -2.33. The Balaban J connectivity index is 2.15. The van der Waals surface area contributed by atoms with Gasteiger partial charge in [0.15, 0.2) is 0 Å². The van der Waals surface area contributed by atoms with Crippen molar-refractivity contribution >= 4 is 18.2 Å². The Kier molecular flexibility index (Phi) is 8.08. The van der Waals surface area contributed by atoms with Crippen LogP contribution in [-0.4, -0.2) is 54.4 Å². The first kappa shape index (κ1) is 23.5. The Hall–Kier alpha value is -2.77. The molecule has 1 aliphatic rings. The number of carbonyl (C=O) groups is 3. The van der Waals surface area contributed by atoms with Crippen molar-refractivity contribution in [2.24, 2.45) is 5.92 Å². The molecule has 1 N–H and O–H groups in total. The molecule has 166 valence electrons. The summed E-state index contributed by atoms with van der Waals surface area (Å²) in [7, 11) is 1.31. The van der Waals surface area contributed by atoms with E-state index in [4.69, 9.17) is 14.2 Å². The van der Waals surface area contributed by atoms with E-state index < -0.39 is 41.8 Å². The summed E-state index contributed by atoms with van der Waals surface area (Å²) in [5, 5.41) is 2.82. The number of rotatable bonds is 6. The van der Waals surface area contributed by atoms with Crippen molar-refractivity contribution in [1.29, 1.82) is 0 Å². The summed E-state index contributed by atoms with van der Waals surface area (Å²) in [6, 6.07) is 8.32. The maximum Gasteiger partial charge on any atom is 0.410 e. The van der Waals surface area contributed by atoms with E-state index in [1.807, 2.05) is 37.3 Å². The lowest BCUT2D eigenvalue weighted by molar-refractivity contribution is -0.147. The number of esters is 1. The van der Waals surface area contributed by atoms with Gasteiger partial charge in [0.2, 0.25) is 0 Å². The summed E-state index contributed by atoms with van der Waals surface area (Å²) in [5.41, 5.74) is 0.212. The minimum absolute atomic E-state index is 0.127. The van der Waals surface area contributed by atoms with Crippen LogP contribution in [0.25, 0.3) is 0 Å². The van der Waals surface area contributed by atoms with Crippen LogP contribution in [0.3, 0.4) is 0 Å². The van der Waals surface area contributed by atoms with Gasteiger partial charge < -0.3 is 24.4 Å². The van der Waals surface area contributed by atoms with Crippen LogP contribution in [0.2, 0.25) is 0 Å². The smallest absolute Gasteiger partial charge is 0.410 e. The predicted octanol–water partition coefficient (Wildman–Crippen LogP) is 3.49.